The predicted octanol–water partition coefficient (Wildman–Crippen LogP) is 1.80. The van der Waals surface area contributed by atoms with Gasteiger partial charge >= 0.3 is 0 Å². The van der Waals surface area contributed by atoms with Crippen molar-refractivity contribution in [1.82, 2.24) is 15.6 Å². The number of hydrogen-bond donors (Lipinski definition) is 2. The van der Waals surface area contributed by atoms with Crippen LogP contribution in [-0.4, -0.2) is 49.5 Å². The van der Waals surface area contributed by atoms with Gasteiger partial charge in [-0.15, -0.1) is 0 Å². The zero-order valence-corrected chi connectivity index (χ0v) is 17.4. The molecule has 2 amide bonds. The van der Waals surface area contributed by atoms with Gasteiger partial charge in [0.25, 0.3) is 0 Å². The molecule has 30 heavy (non-hydrogen) atoms. The Morgan fingerprint density at radius 2 is 1.87 bits per heavy atom. The van der Waals surface area contributed by atoms with Gasteiger partial charge in [-0.25, -0.2) is 10.4 Å². The summed E-state index contributed by atoms with van der Waals surface area (Å²) in [4.78, 5) is 28.4. The zero-order chi connectivity index (χ0) is 21.1. The van der Waals surface area contributed by atoms with Gasteiger partial charge < -0.3 is 15.0 Å². The molecule has 2 aliphatic rings. The highest BCUT2D eigenvalue weighted by molar-refractivity contribution is 5.98. The first kappa shape index (κ1) is 20.4. The van der Waals surface area contributed by atoms with Gasteiger partial charge in [0.05, 0.1) is 30.7 Å². The van der Waals surface area contributed by atoms with Crippen LogP contribution in [0, 0.1) is 11.8 Å². The Labute approximate surface area is 177 Å². The van der Waals surface area contributed by atoms with Gasteiger partial charge in [-0.2, -0.15) is 0 Å². The lowest BCUT2D eigenvalue weighted by Gasteiger charge is -2.37. The first-order chi connectivity index (χ1) is 14.6. The summed E-state index contributed by atoms with van der Waals surface area (Å²) in [5.74, 6) is 0.232. The van der Waals surface area contributed by atoms with E-state index in [1.54, 1.807) is 12.1 Å². The standard InChI is InChI=1S/C23H28N4O3/c1-3-26-14-19(22(28)24-13-16-9-11-18(30-2)12-10-16)21-20(15-26)23(29)27(25-21)17-7-5-4-6-8-17/h4-12,19-21,25H,3,13-15H2,1-2H3,(H,24,28). The molecule has 7 heteroatoms. The summed E-state index contributed by atoms with van der Waals surface area (Å²) >= 11 is 0. The lowest BCUT2D eigenvalue weighted by molar-refractivity contribution is -0.129. The third-order valence-electron chi connectivity index (χ3n) is 6.02. The Morgan fingerprint density at radius 1 is 1.13 bits per heavy atom. The monoisotopic (exact) mass is 408 g/mol. The van der Waals surface area contributed by atoms with Crippen molar-refractivity contribution in [1.29, 1.82) is 0 Å². The van der Waals surface area contributed by atoms with Gasteiger partial charge in [-0.05, 0) is 36.4 Å². The van der Waals surface area contributed by atoms with E-state index in [9.17, 15) is 9.59 Å². The van der Waals surface area contributed by atoms with E-state index in [-0.39, 0.29) is 29.7 Å². The fourth-order valence-corrected chi connectivity index (χ4v) is 4.28. The molecule has 3 atom stereocenters. The van der Waals surface area contributed by atoms with E-state index in [0.29, 0.717) is 19.6 Å². The molecule has 0 spiro atoms. The van der Waals surface area contributed by atoms with Crippen LogP contribution in [-0.2, 0) is 16.1 Å². The molecule has 2 heterocycles. The topological polar surface area (TPSA) is 73.9 Å². The normalized spacial score (nSPS) is 23.9. The average Bonchev–Trinajstić information content (AvgIpc) is 3.14. The summed E-state index contributed by atoms with van der Waals surface area (Å²) in [5.41, 5.74) is 5.14. The van der Waals surface area contributed by atoms with Crippen LogP contribution in [0.2, 0.25) is 0 Å². The van der Waals surface area contributed by atoms with Crippen LogP contribution < -0.4 is 20.5 Å². The minimum atomic E-state index is -0.306. The first-order valence-electron chi connectivity index (χ1n) is 10.4. The Bertz CT molecular complexity index is 887. The molecule has 2 fully saturated rings. The maximum absolute atomic E-state index is 13.1. The number of carbonyl (C=O) groups excluding carboxylic acids is 2. The molecule has 0 aromatic heterocycles. The Balaban J connectivity index is 1.48. The zero-order valence-electron chi connectivity index (χ0n) is 17.4. The molecule has 7 nitrogen and oxygen atoms in total. The second-order valence-corrected chi connectivity index (χ2v) is 7.80. The maximum atomic E-state index is 13.1. The van der Waals surface area contributed by atoms with Crippen LogP contribution in [0.3, 0.4) is 0 Å². The maximum Gasteiger partial charge on any atom is 0.247 e. The number of methoxy groups -OCH3 is 1. The van der Waals surface area contributed by atoms with E-state index >= 15 is 0 Å². The number of fused-ring (bicyclic) bond motifs is 1. The minimum Gasteiger partial charge on any atom is -0.497 e. The van der Waals surface area contributed by atoms with E-state index in [4.69, 9.17) is 4.74 Å². The number of hydrazine groups is 1. The fourth-order valence-electron chi connectivity index (χ4n) is 4.28. The van der Waals surface area contributed by atoms with E-state index in [1.807, 2.05) is 54.6 Å². The number of ether oxygens (including phenoxy) is 1. The van der Waals surface area contributed by atoms with Gasteiger partial charge in [-0.1, -0.05) is 37.3 Å². The number of amides is 2. The van der Waals surface area contributed by atoms with Crippen molar-refractivity contribution in [2.75, 3.05) is 31.8 Å². The second-order valence-electron chi connectivity index (χ2n) is 7.80. The van der Waals surface area contributed by atoms with Crippen LogP contribution in [0.15, 0.2) is 54.6 Å². The molecule has 2 saturated heterocycles. The number of anilines is 1. The summed E-state index contributed by atoms with van der Waals surface area (Å²) in [6.07, 6.45) is 0. The van der Waals surface area contributed by atoms with Crippen molar-refractivity contribution < 1.29 is 14.3 Å². The molecule has 3 unspecified atom stereocenters. The number of hydrogen-bond acceptors (Lipinski definition) is 5. The van der Waals surface area contributed by atoms with Gasteiger partial charge in [0.15, 0.2) is 0 Å². The molecular formula is C23H28N4O3. The third-order valence-corrected chi connectivity index (χ3v) is 6.02. The molecular weight excluding hydrogens is 380 g/mol. The number of benzene rings is 2. The van der Waals surface area contributed by atoms with Gasteiger partial charge in [0.1, 0.15) is 5.75 Å². The van der Waals surface area contributed by atoms with Crippen molar-refractivity contribution in [2.45, 2.75) is 19.5 Å². The molecule has 2 aromatic rings. The first-order valence-corrected chi connectivity index (χ1v) is 10.4. The van der Waals surface area contributed by atoms with E-state index in [2.05, 4.69) is 22.6 Å². The van der Waals surface area contributed by atoms with Crippen molar-refractivity contribution in [3.8, 4) is 5.75 Å². The average molecular weight is 409 g/mol. The molecule has 0 aliphatic carbocycles. The van der Waals surface area contributed by atoms with E-state index < -0.39 is 0 Å². The number of carbonyl (C=O) groups is 2. The quantitative estimate of drug-likeness (QED) is 0.763. The molecule has 2 N–H and O–H groups in total. The molecule has 0 saturated carbocycles. The Hall–Kier alpha value is -2.90. The number of piperidine rings is 1. The highest BCUT2D eigenvalue weighted by Gasteiger charge is 2.50. The predicted molar refractivity (Wildman–Crippen MR) is 115 cm³/mol. The smallest absolute Gasteiger partial charge is 0.247 e. The van der Waals surface area contributed by atoms with Crippen LogP contribution in [0.5, 0.6) is 5.75 Å². The van der Waals surface area contributed by atoms with Crippen molar-refractivity contribution in [3.05, 3.63) is 60.2 Å². The van der Waals surface area contributed by atoms with Gasteiger partial charge in [0.2, 0.25) is 11.8 Å². The fraction of sp³-hybridized carbons (Fsp3) is 0.391. The summed E-state index contributed by atoms with van der Waals surface area (Å²) in [6.45, 7) is 4.62. The number of nitrogens with zero attached hydrogens (tertiary/aromatic N) is 2. The van der Waals surface area contributed by atoms with E-state index in [1.165, 1.54) is 0 Å². The van der Waals surface area contributed by atoms with Crippen molar-refractivity contribution >= 4 is 17.5 Å². The summed E-state index contributed by atoms with van der Waals surface area (Å²) in [7, 11) is 1.63. The lowest BCUT2D eigenvalue weighted by Crippen LogP contribution is -2.56. The summed E-state index contributed by atoms with van der Waals surface area (Å²) < 4.78 is 5.18. The molecule has 2 aliphatic heterocycles. The number of para-hydroxylation sites is 1. The van der Waals surface area contributed by atoms with Crippen molar-refractivity contribution in [2.24, 2.45) is 11.8 Å². The highest BCUT2D eigenvalue weighted by Crippen LogP contribution is 2.31. The van der Waals surface area contributed by atoms with Crippen LogP contribution in [0.1, 0.15) is 12.5 Å². The van der Waals surface area contributed by atoms with Gasteiger partial charge in [0, 0.05) is 19.6 Å². The molecule has 0 radical (unpaired) electrons. The summed E-state index contributed by atoms with van der Waals surface area (Å²) in [5, 5.41) is 4.67. The third kappa shape index (κ3) is 4.04. The summed E-state index contributed by atoms with van der Waals surface area (Å²) in [6, 6.07) is 17.0. The molecule has 158 valence electrons. The number of nitrogens with one attached hydrogen (secondary N) is 2. The van der Waals surface area contributed by atoms with Gasteiger partial charge in [-0.3, -0.25) is 9.59 Å². The molecule has 0 bridgehead atoms. The second kappa shape index (κ2) is 8.85. The Kier molecular flexibility index (Phi) is 6.01. The lowest BCUT2D eigenvalue weighted by atomic mass is 9.84. The van der Waals surface area contributed by atoms with E-state index in [0.717, 1.165) is 23.5 Å². The van der Waals surface area contributed by atoms with Crippen LogP contribution >= 0.6 is 0 Å². The molecule has 2 aromatic carbocycles. The Morgan fingerprint density at radius 3 is 2.53 bits per heavy atom. The SMILES string of the molecule is CCN1CC(C(=O)NCc2ccc(OC)cc2)C2NN(c3ccccc3)C(=O)C2C1. The largest absolute Gasteiger partial charge is 0.497 e. The highest BCUT2D eigenvalue weighted by atomic mass is 16.5. The minimum absolute atomic E-state index is 0.0253. The number of rotatable bonds is 6. The van der Waals surface area contributed by atoms with Crippen LogP contribution in [0.4, 0.5) is 5.69 Å². The number of likely N-dealkylation sites (tertiary alicyclic amines) is 1. The van der Waals surface area contributed by atoms with Crippen LogP contribution in [0.25, 0.3) is 0 Å². The van der Waals surface area contributed by atoms with Crippen molar-refractivity contribution in [3.63, 3.8) is 0 Å². The molecule has 4 rings (SSSR count).